The third-order valence-electron chi connectivity index (χ3n) is 3.28. The van der Waals surface area contributed by atoms with Crippen LogP contribution in [0.15, 0.2) is 0 Å². The van der Waals surface area contributed by atoms with Crippen molar-refractivity contribution in [3.63, 3.8) is 0 Å². The molecule has 84 valence electrons. The van der Waals surface area contributed by atoms with Gasteiger partial charge in [0, 0.05) is 13.1 Å². The van der Waals surface area contributed by atoms with Crippen molar-refractivity contribution in [1.82, 2.24) is 10.2 Å². The molecule has 1 aliphatic heterocycles. The number of aliphatic hydroxyl groups excluding tert-OH is 1. The highest BCUT2D eigenvalue weighted by Crippen LogP contribution is 2.29. The molecule has 0 aromatic heterocycles. The Kier molecular flexibility index (Phi) is 3.56. The highest BCUT2D eigenvalue weighted by Gasteiger charge is 2.33. The minimum atomic E-state index is -0.152. The number of likely N-dealkylation sites (N-methyl/N-ethyl adjacent to an activating group) is 1. The van der Waals surface area contributed by atoms with Gasteiger partial charge in [0.1, 0.15) is 0 Å². The van der Waals surface area contributed by atoms with Gasteiger partial charge >= 0.3 is 0 Å². The van der Waals surface area contributed by atoms with E-state index in [1.165, 1.54) is 6.42 Å². The van der Waals surface area contributed by atoms with Gasteiger partial charge in [-0.15, -0.1) is 0 Å². The lowest BCUT2D eigenvalue weighted by molar-refractivity contribution is 0.133. The van der Waals surface area contributed by atoms with E-state index >= 15 is 0 Å². The zero-order valence-corrected chi connectivity index (χ0v) is 9.93. The number of likely N-dealkylation sites (tertiary alicyclic amines) is 1. The quantitative estimate of drug-likeness (QED) is 0.701. The summed E-state index contributed by atoms with van der Waals surface area (Å²) in [6.45, 7) is 10.1. The van der Waals surface area contributed by atoms with Crippen molar-refractivity contribution in [3.8, 4) is 0 Å². The maximum Gasteiger partial charge on any atom is 0.0623 e. The van der Waals surface area contributed by atoms with Crippen LogP contribution in [0.4, 0.5) is 0 Å². The molecule has 1 aliphatic rings. The average molecular weight is 200 g/mol. The van der Waals surface area contributed by atoms with Gasteiger partial charge in [-0.25, -0.2) is 0 Å². The molecule has 1 unspecified atom stereocenters. The van der Waals surface area contributed by atoms with E-state index in [-0.39, 0.29) is 12.1 Å². The fraction of sp³-hybridized carbons (Fsp3) is 1.00. The third kappa shape index (κ3) is 2.94. The average Bonchev–Trinajstić information content (AvgIpc) is 2.45. The Balaban J connectivity index is 2.46. The van der Waals surface area contributed by atoms with E-state index in [1.54, 1.807) is 0 Å². The second kappa shape index (κ2) is 4.17. The summed E-state index contributed by atoms with van der Waals surface area (Å²) in [5.41, 5.74) is 0.296. The van der Waals surface area contributed by atoms with Gasteiger partial charge in [-0.3, -0.25) is 0 Å². The Labute approximate surface area is 87.5 Å². The molecule has 0 spiro atoms. The molecule has 0 bridgehead atoms. The zero-order valence-electron chi connectivity index (χ0n) is 9.93. The van der Waals surface area contributed by atoms with E-state index in [4.69, 9.17) is 0 Å². The van der Waals surface area contributed by atoms with Gasteiger partial charge in [-0.05, 0) is 32.4 Å². The summed E-state index contributed by atoms with van der Waals surface area (Å²) in [4.78, 5) is 2.44. The van der Waals surface area contributed by atoms with Crippen LogP contribution in [0.3, 0.4) is 0 Å². The Bertz CT molecular complexity index is 188. The Morgan fingerprint density at radius 2 is 2.14 bits per heavy atom. The molecular formula is C11H24N2O. The number of nitrogens with one attached hydrogen (secondary N) is 1. The molecule has 0 saturated carbocycles. The summed E-state index contributed by atoms with van der Waals surface area (Å²) in [6.07, 6.45) is 1.26. The fourth-order valence-corrected chi connectivity index (χ4v) is 2.06. The molecule has 0 aliphatic carbocycles. The normalized spacial score (nSPS) is 26.4. The predicted octanol–water partition coefficient (Wildman–Crippen LogP) is 0.689. The van der Waals surface area contributed by atoms with Crippen molar-refractivity contribution in [2.24, 2.45) is 5.41 Å². The van der Waals surface area contributed by atoms with Crippen molar-refractivity contribution >= 4 is 0 Å². The van der Waals surface area contributed by atoms with Gasteiger partial charge in [0.2, 0.25) is 0 Å². The molecule has 2 N–H and O–H groups in total. The summed E-state index contributed by atoms with van der Waals surface area (Å²) >= 11 is 0. The van der Waals surface area contributed by atoms with Crippen molar-refractivity contribution < 1.29 is 5.11 Å². The first-order valence-electron chi connectivity index (χ1n) is 5.43. The van der Waals surface area contributed by atoms with E-state index in [9.17, 15) is 5.11 Å². The van der Waals surface area contributed by atoms with E-state index < -0.39 is 0 Å². The van der Waals surface area contributed by atoms with Gasteiger partial charge in [-0.1, -0.05) is 13.8 Å². The smallest absolute Gasteiger partial charge is 0.0623 e. The Morgan fingerprint density at radius 3 is 2.50 bits per heavy atom. The van der Waals surface area contributed by atoms with Gasteiger partial charge in [0.25, 0.3) is 0 Å². The standard InChI is InChI=1S/C11H24N2O/c1-10(2)5-6-13(7-10)8-11(3,9-14)12-4/h12,14H,5-9H2,1-4H3. The van der Waals surface area contributed by atoms with Crippen molar-refractivity contribution in [1.29, 1.82) is 0 Å². The third-order valence-corrected chi connectivity index (χ3v) is 3.28. The van der Waals surface area contributed by atoms with E-state index in [0.717, 1.165) is 19.6 Å². The van der Waals surface area contributed by atoms with Crippen LogP contribution in [0.2, 0.25) is 0 Å². The van der Waals surface area contributed by atoms with Gasteiger partial charge in [-0.2, -0.15) is 0 Å². The Hall–Kier alpha value is -0.120. The Morgan fingerprint density at radius 1 is 1.50 bits per heavy atom. The lowest BCUT2D eigenvalue weighted by Crippen LogP contribution is -2.52. The lowest BCUT2D eigenvalue weighted by Gasteiger charge is -2.32. The summed E-state index contributed by atoms with van der Waals surface area (Å²) in [7, 11) is 1.91. The molecule has 0 aromatic rings. The summed E-state index contributed by atoms with van der Waals surface area (Å²) in [5, 5.41) is 12.5. The molecule has 1 fully saturated rings. The summed E-state index contributed by atoms with van der Waals surface area (Å²) in [5.74, 6) is 0. The zero-order chi connectivity index (χ0) is 10.8. The molecule has 0 aromatic carbocycles. The van der Waals surface area contributed by atoms with Crippen molar-refractivity contribution in [2.75, 3.05) is 33.3 Å². The van der Waals surface area contributed by atoms with Crippen LogP contribution in [0.5, 0.6) is 0 Å². The topological polar surface area (TPSA) is 35.5 Å². The largest absolute Gasteiger partial charge is 0.394 e. The highest BCUT2D eigenvalue weighted by atomic mass is 16.3. The fourth-order valence-electron chi connectivity index (χ4n) is 2.06. The second-order valence-corrected chi connectivity index (χ2v) is 5.59. The molecule has 3 nitrogen and oxygen atoms in total. The van der Waals surface area contributed by atoms with Crippen LogP contribution in [-0.2, 0) is 0 Å². The number of aliphatic hydroxyl groups is 1. The molecule has 3 heteroatoms. The predicted molar refractivity (Wildman–Crippen MR) is 59.4 cm³/mol. The first kappa shape index (κ1) is 12.0. The van der Waals surface area contributed by atoms with Gasteiger partial charge in [0.05, 0.1) is 12.1 Å². The molecule has 1 atom stereocenters. The van der Waals surface area contributed by atoms with Gasteiger partial charge < -0.3 is 15.3 Å². The van der Waals surface area contributed by atoms with Gasteiger partial charge in [0.15, 0.2) is 0 Å². The maximum absolute atomic E-state index is 9.29. The lowest BCUT2D eigenvalue weighted by atomic mass is 9.93. The first-order valence-corrected chi connectivity index (χ1v) is 5.43. The number of hydrogen-bond acceptors (Lipinski definition) is 3. The van der Waals surface area contributed by atoms with Crippen LogP contribution in [-0.4, -0.2) is 48.8 Å². The molecule has 0 radical (unpaired) electrons. The minimum Gasteiger partial charge on any atom is -0.394 e. The van der Waals surface area contributed by atoms with Crippen LogP contribution < -0.4 is 5.32 Å². The monoisotopic (exact) mass is 200 g/mol. The first-order chi connectivity index (χ1) is 6.41. The summed E-state index contributed by atoms with van der Waals surface area (Å²) in [6, 6.07) is 0. The van der Waals surface area contributed by atoms with Crippen LogP contribution in [0, 0.1) is 5.41 Å². The maximum atomic E-state index is 9.29. The van der Waals surface area contributed by atoms with Crippen molar-refractivity contribution in [3.05, 3.63) is 0 Å². The highest BCUT2D eigenvalue weighted by molar-refractivity contribution is 4.90. The minimum absolute atomic E-state index is 0.152. The number of nitrogens with zero attached hydrogens (tertiary/aromatic N) is 1. The number of rotatable bonds is 4. The van der Waals surface area contributed by atoms with Crippen LogP contribution in [0.1, 0.15) is 27.2 Å². The molecule has 0 amide bonds. The molecule has 1 saturated heterocycles. The summed E-state index contributed by atoms with van der Waals surface area (Å²) < 4.78 is 0. The van der Waals surface area contributed by atoms with E-state index in [2.05, 4.69) is 31.0 Å². The second-order valence-electron chi connectivity index (χ2n) is 5.59. The van der Waals surface area contributed by atoms with Crippen LogP contribution >= 0.6 is 0 Å². The molecular weight excluding hydrogens is 176 g/mol. The molecule has 14 heavy (non-hydrogen) atoms. The molecule has 1 rings (SSSR count). The van der Waals surface area contributed by atoms with E-state index in [0.29, 0.717) is 5.41 Å². The SMILES string of the molecule is CNC(C)(CO)CN1CCC(C)(C)C1. The van der Waals surface area contributed by atoms with E-state index in [1.807, 2.05) is 7.05 Å². The van der Waals surface area contributed by atoms with Crippen LogP contribution in [0.25, 0.3) is 0 Å². The number of hydrogen-bond donors (Lipinski definition) is 2. The molecule has 1 heterocycles. The van der Waals surface area contributed by atoms with Crippen molar-refractivity contribution in [2.45, 2.75) is 32.7 Å².